The van der Waals surface area contributed by atoms with E-state index in [1.807, 2.05) is 13.8 Å². The topological polar surface area (TPSA) is 113 Å². The minimum atomic E-state index is -4.15. The van der Waals surface area contributed by atoms with Crippen LogP contribution in [0, 0.1) is 13.8 Å². The number of fused-ring (bicyclic) bond motifs is 1. The van der Waals surface area contributed by atoms with Crippen LogP contribution in [-0.4, -0.2) is 53.0 Å². The van der Waals surface area contributed by atoms with Gasteiger partial charge < -0.3 is 9.47 Å². The van der Waals surface area contributed by atoms with Crippen LogP contribution in [-0.2, 0) is 38.4 Å². The molecule has 0 amide bonds. The van der Waals surface area contributed by atoms with E-state index in [1.54, 1.807) is 24.3 Å². The lowest BCUT2D eigenvalue weighted by atomic mass is 10.1. The molecule has 0 radical (unpaired) electrons. The first-order chi connectivity index (χ1) is 14.1. The second kappa shape index (κ2) is 7.54. The maximum Gasteiger partial charge on any atom is 0.297 e. The first-order valence-electron chi connectivity index (χ1n) is 9.21. The van der Waals surface area contributed by atoms with Crippen molar-refractivity contribution in [1.82, 2.24) is 0 Å². The molecule has 160 valence electrons. The lowest BCUT2D eigenvalue weighted by molar-refractivity contribution is -0.126. The number of carbonyl (C=O) groups is 1. The fourth-order valence-corrected chi connectivity index (χ4v) is 5.96. The molecular weight excluding hydrogens is 432 g/mol. The zero-order valence-electron chi connectivity index (χ0n) is 16.2. The molecule has 2 aromatic carbocycles. The Labute approximate surface area is 174 Å². The second-order valence-corrected chi connectivity index (χ2v) is 10.9. The van der Waals surface area contributed by atoms with Gasteiger partial charge in [0.1, 0.15) is 18.3 Å². The largest absolute Gasteiger partial charge is 0.365 e. The lowest BCUT2D eigenvalue weighted by Crippen LogP contribution is -2.33. The van der Waals surface area contributed by atoms with Crippen molar-refractivity contribution in [2.75, 3.05) is 6.61 Å². The van der Waals surface area contributed by atoms with E-state index in [-0.39, 0.29) is 16.4 Å². The highest BCUT2D eigenvalue weighted by Crippen LogP contribution is 2.35. The van der Waals surface area contributed by atoms with Gasteiger partial charge in [-0.25, -0.2) is 8.42 Å². The molecule has 0 spiro atoms. The number of sulfone groups is 1. The first-order valence-corrected chi connectivity index (χ1v) is 12.2. The van der Waals surface area contributed by atoms with Gasteiger partial charge in [0, 0.05) is 0 Å². The van der Waals surface area contributed by atoms with Crippen LogP contribution in [0.2, 0.25) is 0 Å². The van der Waals surface area contributed by atoms with Crippen LogP contribution >= 0.6 is 0 Å². The van der Waals surface area contributed by atoms with Gasteiger partial charge in [-0.3, -0.25) is 8.98 Å². The smallest absolute Gasteiger partial charge is 0.297 e. The second-order valence-electron chi connectivity index (χ2n) is 7.35. The van der Waals surface area contributed by atoms with Crippen molar-refractivity contribution in [3.05, 3.63) is 59.7 Å². The zero-order valence-corrected chi connectivity index (χ0v) is 17.9. The normalized spacial score (nSPS) is 26.7. The van der Waals surface area contributed by atoms with Gasteiger partial charge in [0.2, 0.25) is 21.1 Å². The molecular formula is C20H20O8S2. The summed E-state index contributed by atoms with van der Waals surface area (Å²) in [5.41, 5.74) is -0.0293. The van der Waals surface area contributed by atoms with Crippen molar-refractivity contribution >= 4 is 25.7 Å². The van der Waals surface area contributed by atoms with Crippen molar-refractivity contribution in [3.8, 4) is 0 Å². The SMILES string of the molecule is Cc1ccc(S(=O)(=O)O[C@@H]2CO[C@H]3C(=O)C(S(=O)(=O)c4ccc(C)cc4)O[C@@H]23)cc1. The molecule has 0 aromatic heterocycles. The highest BCUT2D eigenvalue weighted by molar-refractivity contribution is 7.92. The van der Waals surface area contributed by atoms with E-state index in [2.05, 4.69) is 0 Å². The van der Waals surface area contributed by atoms with Crippen LogP contribution in [0.1, 0.15) is 11.1 Å². The van der Waals surface area contributed by atoms with E-state index >= 15 is 0 Å². The summed E-state index contributed by atoms with van der Waals surface area (Å²) in [6.45, 7) is 3.42. The number of hydrogen-bond donors (Lipinski definition) is 0. The van der Waals surface area contributed by atoms with E-state index in [1.165, 1.54) is 24.3 Å². The average molecular weight is 453 g/mol. The van der Waals surface area contributed by atoms with Gasteiger partial charge in [-0.2, -0.15) is 8.42 Å². The van der Waals surface area contributed by atoms with E-state index in [4.69, 9.17) is 13.7 Å². The van der Waals surface area contributed by atoms with Gasteiger partial charge in [0.05, 0.1) is 16.4 Å². The Kier molecular flexibility index (Phi) is 5.31. The van der Waals surface area contributed by atoms with Crippen LogP contribution in [0.25, 0.3) is 0 Å². The predicted molar refractivity (Wildman–Crippen MR) is 105 cm³/mol. The van der Waals surface area contributed by atoms with E-state index < -0.39 is 49.5 Å². The Bertz CT molecular complexity index is 1170. The fourth-order valence-electron chi connectivity index (χ4n) is 3.41. The number of ether oxygens (including phenoxy) is 2. The number of Topliss-reactive ketones (excluding diaryl/α,β-unsaturated/α-hetero) is 1. The van der Waals surface area contributed by atoms with Gasteiger partial charge in [-0.1, -0.05) is 35.4 Å². The van der Waals surface area contributed by atoms with Crippen molar-refractivity contribution in [2.24, 2.45) is 0 Å². The summed E-state index contributed by atoms with van der Waals surface area (Å²) >= 11 is 0. The number of hydrogen-bond acceptors (Lipinski definition) is 8. The summed E-state index contributed by atoms with van der Waals surface area (Å²) in [7, 11) is -8.27. The lowest BCUT2D eigenvalue weighted by Gasteiger charge is -2.18. The molecule has 10 heteroatoms. The predicted octanol–water partition coefficient (Wildman–Crippen LogP) is 1.54. The molecule has 2 aromatic rings. The van der Waals surface area contributed by atoms with Crippen LogP contribution < -0.4 is 0 Å². The Morgan fingerprint density at radius 1 is 0.867 bits per heavy atom. The number of ketones is 1. The number of carbonyl (C=O) groups excluding carboxylic acids is 1. The number of benzene rings is 2. The van der Waals surface area contributed by atoms with Crippen molar-refractivity contribution < 1.29 is 35.3 Å². The van der Waals surface area contributed by atoms with E-state index in [0.29, 0.717) is 0 Å². The minimum Gasteiger partial charge on any atom is -0.365 e. The molecule has 2 fully saturated rings. The van der Waals surface area contributed by atoms with Crippen LogP contribution in [0.15, 0.2) is 58.3 Å². The highest BCUT2D eigenvalue weighted by Gasteiger charge is 2.57. The molecule has 4 atom stereocenters. The van der Waals surface area contributed by atoms with Crippen LogP contribution in [0.4, 0.5) is 0 Å². The maximum absolute atomic E-state index is 12.9. The Hall–Kier alpha value is -2.11. The Morgan fingerprint density at radius 3 is 1.97 bits per heavy atom. The standard InChI is InChI=1S/C20H20O8S2/c1-12-3-7-14(8-4-12)29(22,23)20-17(21)19-18(27-20)16(11-26-19)28-30(24,25)15-9-5-13(2)6-10-15/h3-10,16,18-20H,11H2,1-2H3/t16-,18+,19+,20?/m1/s1. The van der Waals surface area contributed by atoms with E-state index in [9.17, 15) is 21.6 Å². The molecule has 30 heavy (non-hydrogen) atoms. The number of aryl methyl sites for hydroxylation is 2. The molecule has 4 rings (SSSR count). The molecule has 1 unspecified atom stereocenters. The summed E-state index contributed by atoms with van der Waals surface area (Å²) in [6, 6.07) is 12.1. The van der Waals surface area contributed by atoms with Crippen molar-refractivity contribution in [2.45, 2.75) is 47.4 Å². The van der Waals surface area contributed by atoms with Gasteiger partial charge in [-0.15, -0.1) is 0 Å². The monoisotopic (exact) mass is 452 g/mol. The molecule has 0 aliphatic carbocycles. The van der Waals surface area contributed by atoms with Gasteiger partial charge in [0.25, 0.3) is 10.1 Å². The molecule has 0 bridgehead atoms. The molecule has 2 aliphatic rings. The maximum atomic E-state index is 12.9. The van der Waals surface area contributed by atoms with Gasteiger partial charge in [0.15, 0.2) is 0 Å². The summed E-state index contributed by atoms with van der Waals surface area (Å²) in [6.07, 6.45) is -3.47. The summed E-state index contributed by atoms with van der Waals surface area (Å²) < 4.78 is 67.0. The molecule has 0 N–H and O–H groups in total. The fraction of sp³-hybridized carbons (Fsp3) is 0.350. The zero-order chi connectivity index (χ0) is 21.7. The number of rotatable bonds is 5. The van der Waals surface area contributed by atoms with Crippen molar-refractivity contribution in [3.63, 3.8) is 0 Å². The van der Waals surface area contributed by atoms with Gasteiger partial charge in [-0.05, 0) is 38.1 Å². The summed E-state index contributed by atoms with van der Waals surface area (Å²) in [5.74, 6) is -0.764. The van der Waals surface area contributed by atoms with Gasteiger partial charge >= 0.3 is 0 Å². The molecule has 0 saturated carbocycles. The molecule has 2 aliphatic heterocycles. The Morgan fingerprint density at radius 2 is 1.40 bits per heavy atom. The third kappa shape index (κ3) is 3.69. The quantitative estimate of drug-likeness (QED) is 0.628. The minimum absolute atomic E-state index is 0.0512. The molecule has 2 heterocycles. The molecule has 2 saturated heterocycles. The van der Waals surface area contributed by atoms with Crippen LogP contribution in [0.5, 0.6) is 0 Å². The van der Waals surface area contributed by atoms with E-state index in [0.717, 1.165) is 11.1 Å². The Balaban J connectivity index is 1.55. The van der Waals surface area contributed by atoms with Crippen molar-refractivity contribution in [1.29, 1.82) is 0 Å². The highest BCUT2D eigenvalue weighted by atomic mass is 32.2. The van der Waals surface area contributed by atoms with Crippen LogP contribution in [0.3, 0.4) is 0 Å². The summed E-state index contributed by atoms with van der Waals surface area (Å²) in [5, 5.41) is 0. The summed E-state index contributed by atoms with van der Waals surface area (Å²) in [4.78, 5) is 12.5. The first kappa shape index (κ1) is 21.1. The average Bonchev–Trinajstić information content (AvgIpc) is 3.23. The third-order valence-corrected chi connectivity index (χ3v) is 8.28. The molecule has 8 nitrogen and oxygen atoms in total. The third-order valence-electron chi connectivity index (χ3n) is 5.09.